The first kappa shape index (κ1) is 14.0. The summed E-state index contributed by atoms with van der Waals surface area (Å²) in [4.78, 5) is 0. The summed E-state index contributed by atoms with van der Waals surface area (Å²) in [5.74, 6) is 1.73. The lowest BCUT2D eigenvalue weighted by Gasteiger charge is -2.21. The van der Waals surface area contributed by atoms with Gasteiger partial charge in [0.25, 0.3) is 0 Å². The summed E-state index contributed by atoms with van der Waals surface area (Å²) >= 11 is 0. The summed E-state index contributed by atoms with van der Waals surface area (Å²) in [6.07, 6.45) is 5.68. The topological polar surface area (TPSA) is 12.0 Å². The third kappa shape index (κ3) is 2.73. The normalized spacial score (nSPS) is 29.2. The maximum atomic E-state index is 13.8. The van der Waals surface area contributed by atoms with E-state index in [-0.39, 0.29) is 11.6 Å². The van der Waals surface area contributed by atoms with Crippen LogP contribution in [-0.4, -0.2) is 12.6 Å². The van der Waals surface area contributed by atoms with E-state index in [0.717, 1.165) is 24.8 Å². The maximum absolute atomic E-state index is 13.8. The predicted octanol–water partition coefficient (Wildman–Crippen LogP) is 3.92. The van der Waals surface area contributed by atoms with Crippen molar-refractivity contribution < 1.29 is 8.78 Å². The fourth-order valence-corrected chi connectivity index (χ4v) is 4.08. The zero-order valence-corrected chi connectivity index (χ0v) is 12.0. The predicted molar refractivity (Wildman–Crippen MR) is 76.5 cm³/mol. The molecule has 0 aliphatic heterocycles. The third-order valence-electron chi connectivity index (χ3n) is 5.04. The number of fused-ring (bicyclic) bond motifs is 1. The molecule has 1 aromatic rings. The first-order valence-electron chi connectivity index (χ1n) is 7.88. The van der Waals surface area contributed by atoms with E-state index in [9.17, 15) is 8.78 Å². The van der Waals surface area contributed by atoms with Crippen LogP contribution in [0.3, 0.4) is 0 Å². The first-order chi connectivity index (χ1) is 9.70. The lowest BCUT2D eigenvalue weighted by atomic mass is 9.96. The summed E-state index contributed by atoms with van der Waals surface area (Å²) < 4.78 is 27.1. The monoisotopic (exact) mass is 279 g/mol. The molecule has 0 spiro atoms. The summed E-state index contributed by atoms with van der Waals surface area (Å²) in [7, 11) is 0. The van der Waals surface area contributed by atoms with Crippen molar-refractivity contribution in [2.45, 2.75) is 45.1 Å². The Kier molecular flexibility index (Phi) is 4.06. The molecule has 20 heavy (non-hydrogen) atoms. The van der Waals surface area contributed by atoms with Gasteiger partial charge in [0.1, 0.15) is 11.6 Å². The minimum absolute atomic E-state index is 0.277. The summed E-state index contributed by atoms with van der Waals surface area (Å²) in [5.41, 5.74) is 0.517. The Labute approximate surface area is 119 Å². The van der Waals surface area contributed by atoms with Crippen LogP contribution in [-0.2, 0) is 6.42 Å². The Hall–Kier alpha value is -0.960. The second-order valence-corrected chi connectivity index (χ2v) is 6.34. The van der Waals surface area contributed by atoms with E-state index < -0.39 is 0 Å². The van der Waals surface area contributed by atoms with Crippen LogP contribution in [0.4, 0.5) is 8.78 Å². The second kappa shape index (κ2) is 5.80. The lowest BCUT2D eigenvalue weighted by molar-refractivity contribution is 0.398. The van der Waals surface area contributed by atoms with Crippen LogP contribution in [0.15, 0.2) is 18.2 Å². The van der Waals surface area contributed by atoms with Crippen molar-refractivity contribution in [1.29, 1.82) is 0 Å². The average molecular weight is 279 g/mol. The molecule has 0 bridgehead atoms. The van der Waals surface area contributed by atoms with Gasteiger partial charge in [-0.1, -0.05) is 13.3 Å². The van der Waals surface area contributed by atoms with E-state index in [1.807, 2.05) is 0 Å². The highest BCUT2D eigenvalue weighted by Crippen LogP contribution is 2.59. The third-order valence-corrected chi connectivity index (χ3v) is 5.04. The molecular weight excluding hydrogens is 256 g/mol. The van der Waals surface area contributed by atoms with Gasteiger partial charge in [-0.05, 0) is 73.7 Å². The van der Waals surface area contributed by atoms with Gasteiger partial charge >= 0.3 is 0 Å². The summed E-state index contributed by atoms with van der Waals surface area (Å²) in [6.45, 7) is 3.10. The summed E-state index contributed by atoms with van der Waals surface area (Å²) in [5, 5.41) is 3.57. The van der Waals surface area contributed by atoms with Crippen LogP contribution in [0.25, 0.3) is 0 Å². The molecule has 1 aromatic carbocycles. The van der Waals surface area contributed by atoms with Crippen molar-refractivity contribution in [3.8, 4) is 0 Å². The van der Waals surface area contributed by atoms with Crippen LogP contribution in [0.2, 0.25) is 0 Å². The molecule has 2 saturated carbocycles. The van der Waals surface area contributed by atoms with E-state index in [2.05, 4.69) is 12.2 Å². The highest BCUT2D eigenvalue weighted by Gasteiger charge is 2.55. The van der Waals surface area contributed by atoms with Crippen molar-refractivity contribution in [1.82, 2.24) is 5.32 Å². The molecule has 3 rings (SSSR count). The van der Waals surface area contributed by atoms with Gasteiger partial charge in [-0.25, -0.2) is 8.78 Å². The van der Waals surface area contributed by atoms with Gasteiger partial charge in [-0.2, -0.15) is 0 Å². The molecule has 3 atom stereocenters. The number of rotatable bonds is 6. The molecule has 1 N–H and O–H groups in total. The van der Waals surface area contributed by atoms with E-state index >= 15 is 0 Å². The quantitative estimate of drug-likeness (QED) is 0.832. The van der Waals surface area contributed by atoms with Gasteiger partial charge in [0.05, 0.1) is 0 Å². The second-order valence-electron chi connectivity index (χ2n) is 6.34. The minimum atomic E-state index is -0.341. The number of halogens is 2. The molecule has 2 aliphatic carbocycles. The Morgan fingerprint density at radius 3 is 2.70 bits per heavy atom. The molecule has 2 aliphatic rings. The van der Waals surface area contributed by atoms with Crippen molar-refractivity contribution in [3.05, 3.63) is 35.4 Å². The molecule has 3 heteroatoms. The number of hydrogen-bond donors (Lipinski definition) is 1. The molecule has 0 heterocycles. The molecule has 2 fully saturated rings. The van der Waals surface area contributed by atoms with Crippen LogP contribution in [0.1, 0.15) is 38.2 Å². The van der Waals surface area contributed by atoms with E-state index in [4.69, 9.17) is 0 Å². The fourth-order valence-electron chi connectivity index (χ4n) is 4.08. The Morgan fingerprint density at radius 1 is 1.25 bits per heavy atom. The standard InChI is InChI=1S/C17H23F2N/c1-2-8-20-16(17-13-4-3-5-14(13)17)10-11-9-12(18)6-7-15(11)19/h6-7,9,13-14,16-17,20H,2-5,8,10H2,1H3. The molecular formula is C17H23F2N. The summed E-state index contributed by atoms with van der Waals surface area (Å²) in [6, 6.07) is 4.10. The Bertz CT molecular complexity index is 464. The Balaban J connectivity index is 1.71. The fraction of sp³-hybridized carbons (Fsp3) is 0.647. The van der Waals surface area contributed by atoms with Gasteiger partial charge < -0.3 is 5.32 Å². The number of benzene rings is 1. The van der Waals surface area contributed by atoms with E-state index in [0.29, 0.717) is 23.9 Å². The van der Waals surface area contributed by atoms with Crippen molar-refractivity contribution in [2.75, 3.05) is 6.54 Å². The molecule has 0 aromatic heterocycles. The smallest absolute Gasteiger partial charge is 0.126 e. The molecule has 110 valence electrons. The van der Waals surface area contributed by atoms with Crippen LogP contribution < -0.4 is 5.32 Å². The van der Waals surface area contributed by atoms with Gasteiger partial charge in [-0.15, -0.1) is 0 Å². The number of hydrogen-bond acceptors (Lipinski definition) is 1. The Morgan fingerprint density at radius 2 is 2.00 bits per heavy atom. The molecule has 0 amide bonds. The average Bonchev–Trinajstić information content (AvgIpc) is 2.91. The van der Waals surface area contributed by atoms with Crippen LogP contribution >= 0.6 is 0 Å². The van der Waals surface area contributed by atoms with Gasteiger partial charge in [-0.3, -0.25) is 0 Å². The first-order valence-corrected chi connectivity index (χ1v) is 7.88. The number of nitrogens with one attached hydrogen (secondary N) is 1. The van der Waals surface area contributed by atoms with Crippen LogP contribution in [0, 0.1) is 29.4 Å². The zero-order valence-electron chi connectivity index (χ0n) is 12.0. The van der Waals surface area contributed by atoms with Gasteiger partial charge in [0, 0.05) is 6.04 Å². The SMILES string of the molecule is CCCNC(Cc1cc(F)ccc1F)C1C2CCCC21. The highest BCUT2D eigenvalue weighted by molar-refractivity contribution is 5.21. The van der Waals surface area contributed by atoms with Crippen LogP contribution in [0.5, 0.6) is 0 Å². The maximum Gasteiger partial charge on any atom is 0.126 e. The molecule has 3 unspecified atom stereocenters. The minimum Gasteiger partial charge on any atom is -0.313 e. The van der Waals surface area contributed by atoms with Crippen molar-refractivity contribution in [3.63, 3.8) is 0 Å². The lowest BCUT2D eigenvalue weighted by Crippen LogP contribution is -2.35. The molecule has 0 radical (unpaired) electrons. The largest absolute Gasteiger partial charge is 0.313 e. The van der Waals surface area contributed by atoms with E-state index in [1.165, 1.54) is 37.5 Å². The van der Waals surface area contributed by atoms with Gasteiger partial charge in [0.15, 0.2) is 0 Å². The zero-order chi connectivity index (χ0) is 14.1. The molecule has 0 saturated heterocycles. The van der Waals surface area contributed by atoms with Gasteiger partial charge in [0.2, 0.25) is 0 Å². The van der Waals surface area contributed by atoms with Crippen molar-refractivity contribution >= 4 is 0 Å². The van der Waals surface area contributed by atoms with E-state index in [1.54, 1.807) is 0 Å². The molecule has 1 nitrogen and oxygen atoms in total. The van der Waals surface area contributed by atoms with Crippen molar-refractivity contribution in [2.24, 2.45) is 17.8 Å². The highest BCUT2D eigenvalue weighted by atomic mass is 19.1.